The van der Waals surface area contributed by atoms with E-state index in [-0.39, 0.29) is 30.3 Å². The van der Waals surface area contributed by atoms with Gasteiger partial charge in [-0.05, 0) is 19.4 Å². The van der Waals surface area contributed by atoms with Gasteiger partial charge in [-0.15, -0.1) is 12.4 Å². The van der Waals surface area contributed by atoms with Crippen LogP contribution in [0.1, 0.15) is 24.5 Å². The molecular weight excluding hydrogens is 314 g/mol. The highest BCUT2D eigenvalue weighted by Crippen LogP contribution is 2.09. The Morgan fingerprint density at radius 3 is 2.00 bits per heavy atom. The lowest BCUT2D eigenvalue weighted by Crippen LogP contribution is -2.51. The van der Waals surface area contributed by atoms with Crippen LogP contribution in [0.2, 0.25) is 0 Å². The van der Waals surface area contributed by atoms with Crippen LogP contribution < -0.4 is 5.73 Å². The Bertz CT molecular complexity index is 523. The number of carbonyl (C=O) groups excluding carboxylic acids is 2. The maximum Gasteiger partial charge on any atom is 0.227 e. The molecule has 1 unspecified atom stereocenters. The normalized spacial score (nSPS) is 15.8. The predicted octanol–water partition coefficient (Wildman–Crippen LogP) is 1.37. The van der Waals surface area contributed by atoms with E-state index in [0.717, 1.165) is 5.56 Å². The Balaban J connectivity index is 0.00000264. The third-order valence-electron chi connectivity index (χ3n) is 3.96. The number of aryl methyl sites for hydroxylation is 1. The van der Waals surface area contributed by atoms with Crippen molar-refractivity contribution in [3.63, 3.8) is 0 Å². The Morgan fingerprint density at radius 1 is 1.04 bits per heavy atom. The Morgan fingerprint density at radius 2 is 1.52 bits per heavy atom. The second-order valence-corrected chi connectivity index (χ2v) is 6.11. The highest BCUT2D eigenvalue weighted by Gasteiger charge is 2.24. The summed E-state index contributed by atoms with van der Waals surface area (Å²) in [6.45, 7) is 6.28. The number of piperazine rings is 1. The van der Waals surface area contributed by atoms with Gasteiger partial charge in [0.05, 0.1) is 6.42 Å². The molecule has 0 radical (unpaired) electrons. The quantitative estimate of drug-likeness (QED) is 0.901. The van der Waals surface area contributed by atoms with Gasteiger partial charge in [-0.1, -0.05) is 29.8 Å². The summed E-state index contributed by atoms with van der Waals surface area (Å²) < 4.78 is 0. The Labute approximate surface area is 144 Å². The maximum absolute atomic E-state index is 12.3. The van der Waals surface area contributed by atoms with Crippen molar-refractivity contribution < 1.29 is 9.59 Å². The van der Waals surface area contributed by atoms with Crippen LogP contribution in [0.15, 0.2) is 24.3 Å². The molecule has 6 heteroatoms. The maximum atomic E-state index is 12.3. The van der Waals surface area contributed by atoms with Crippen molar-refractivity contribution in [2.24, 2.45) is 5.73 Å². The Hall–Kier alpha value is -1.59. The molecule has 23 heavy (non-hydrogen) atoms. The van der Waals surface area contributed by atoms with E-state index in [1.807, 2.05) is 43.0 Å². The zero-order valence-corrected chi connectivity index (χ0v) is 14.6. The fourth-order valence-corrected chi connectivity index (χ4v) is 2.60. The number of carbonyl (C=O) groups is 2. The van der Waals surface area contributed by atoms with E-state index in [2.05, 4.69) is 0 Å². The van der Waals surface area contributed by atoms with E-state index in [0.29, 0.717) is 39.0 Å². The molecule has 1 heterocycles. The fourth-order valence-electron chi connectivity index (χ4n) is 2.60. The second-order valence-electron chi connectivity index (χ2n) is 6.11. The number of hydrogen-bond donors (Lipinski definition) is 1. The standard InChI is InChI=1S/C17H25N3O2.ClH/c1-13-3-5-15(6-4-13)12-17(22)20-9-7-19(8-10-20)16(21)11-14(2)18;/h3-6,14H,7-12,18H2,1-2H3;1H. The monoisotopic (exact) mass is 339 g/mol. The molecule has 2 N–H and O–H groups in total. The van der Waals surface area contributed by atoms with E-state index in [4.69, 9.17) is 5.73 Å². The van der Waals surface area contributed by atoms with Gasteiger partial charge in [-0.3, -0.25) is 9.59 Å². The first-order valence-corrected chi connectivity index (χ1v) is 7.82. The first kappa shape index (κ1) is 19.5. The molecule has 2 rings (SSSR count). The molecule has 1 aliphatic heterocycles. The lowest BCUT2D eigenvalue weighted by molar-refractivity contribution is -0.139. The van der Waals surface area contributed by atoms with E-state index < -0.39 is 0 Å². The topological polar surface area (TPSA) is 66.6 Å². The van der Waals surface area contributed by atoms with Crippen molar-refractivity contribution in [3.8, 4) is 0 Å². The lowest BCUT2D eigenvalue weighted by Gasteiger charge is -2.35. The number of nitrogens with zero attached hydrogens (tertiary/aromatic N) is 2. The largest absolute Gasteiger partial charge is 0.339 e. The van der Waals surface area contributed by atoms with Crippen molar-refractivity contribution >= 4 is 24.2 Å². The molecular formula is C17H26ClN3O2. The van der Waals surface area contributed by atoms with Crippen LogP contribution in [0.5, 0.6) is 0 Å². The minimum atomic E-state index is -0.117. The summed E-state index contributed by atoms with van der Waals surface area (Å²) in [5, 5.41) is 0. The van der Waals surface area contributed by atoms with E-state index >= 15 is 0 Å². The summed E-state index contributed by atoms with van der Waals surface area (Å²) in [6.07, 6.45) is 0.797. The van der Waals surface area contributed by atoms with Gasteiger partial charge >= 0.3 is 0 Å². The average molecular weight is 340 g/mol. The molecule has 1 atom stereocenters. The highest BCUT2D eigenvalue weighted by molar-refractivity contribution is 5.85. The first-order valence-electron chi connectivity index (χ1n) is 7.82. The number of benzene rings is 1. The summed E-state index contributed by atoms with van der Waals surface area (Å²) in [6, 6.07) is 7.92. The van der Waals surface area contributed by atoms with Crippen LogP contribution in [0.3, 0.4) is 0 Å². The van der Waals surface area contributed by atoms with Crippen LogP contribution in [0, 0.1) is 6.92 Å². The third-order valence-corrected chi connectivity index (χ3v) is 3.96. The molecule has 1 saturated heterocycles. The van der Waals surface area contributed by atoms with Crippen LogP contribution in [0.4, 0.5) is 0 Å². The van der Waals surface area contributed by atoms with Gasteiger partial charge < -0.3 is 15.5 Å². The van der Waals surface area contributed by atoms with Gasteiger partial charge in [-0.25, -0.2) is 0 Å². The van der Waals surface area contributed by atoms with Crippen LogP contribution >= 0.6 is 12.4 Å². The van der Waals surface area contributed by atoms with Gasteiger partial charge in [0.2, 0.25) is 11.8 Å². The van der Waals surface area contributed by atoms with E-state index in [9.17, 15) is 9.59 Å². The minimum absolute atomic E-state index is 0. The molecule has 1 fully saturated rings. The predicted molar refractivity (Wildman–Crippen MR) is 93.6 cm³/mol. The molecule has 0 saturated carbocycles. The highest BCUT2D eigenvalue weighted by atomic mass is 35.5. The average Bonchev–Trinajstić information content (AvgIpc) is 2.49. The van der Waals surface area contributed by atoms with Crippen molar-refractivity contribution in [1.82, 2.24) is 9.80 Å². The Kier molecular flexibility index (Phi) is 7.52. The molecule has 2 amide bonds. The number of halogens is 1. The van der Waals surface area contributed by atoms with Gasteiger partial charge in [-0.2, -0.15) is 0 Å². The number of nitrogens with two attached hydrogens (primary N) is 1. The molecule has 1 aromatic carbocycles. The summed E-state index contributed by atoms with van der Waals surface area (Å²) in [5.74, 6) is 0.212. The van der Waals surface area contributed by atoms with E-state index in [1.54, 1.807) is 4.90 Å². The fraction of sp³-hybridized carbons (Fsp3) is 0.529. The molecule has 0 aliphatic carbocycles. The lowest BCUT2D eigenvalue weighted by atomic mass is 10.1. The number of rotatable bonds is 4. The van der Waals surface area contributed by atoms with E-state index in [1.165, 1.54) is 5.56 Å². The SMILES string of the molecule is Cc1ccc(CC(=O)N2CCN(C(=O)CC(C)N)CC2)cc1.Cl. The van der Waals surface area contributed by atoms with Crippen LogP contribution in [0.25, 0.3) is 0 Å². The van der Waals surface area contributed by atoms with Crippen LogP contribution in [-0.2, 0) is 16.0 Å². The third kappa shape index (κ3) is 5.84. The van der Waals surface area contributed by atoms with Crippen LogP contribution in [-0.4, -0.2) is 53.8 Å². The van der Waals surface area contributed by atoms with Gasteiger partial charge in [0.15, 0.2) is 0 Å². The summed E-state index contributed by atoms with van der Waals surface area (Å²) in [5.41, 5.74) is 7.89. The summed E-state index contributed by atoms with van der Waals surface area (Å²) >= 11 is 0. The minimum Gasteiger partial charge on any atom is -0.339 e. The van der Waals surface area contributed by atoms with Crippen molar-refractivity contribution in [2.75, 3.05) is 26.2 Å². The molecule has 0 aromatic heterocycles. The summed E-state index contributed by atoms with van der Waals surface area (Å²) in [4.78, 5) is 27.9. The zero-order valence-electron chi connectivity index (χ0n) is 13.8. The molecule has 1 aromatic rings. The second kappa shape index (κ2) is 8.89. The van der Waals surface area contributed by atoms with Crippen molar-refractivity contribution in [3.05, 3.63) is 35.4 Å². The van der Waals surface area contributed by atoms with Gasteiger partial charge in [0.25, 0.3) is 0 Å². The zero-order chi connectivity index (χ0) is 16.1. The van der Waals surface area contributed by atoms with Gasteiger partial charge in [0, 0.05) is 38.6 Å². The number of amides is 2. The molecule has 1 aliphatic rings. The summed E-state index contributed by atoms with van der Waals surface area (Å²) in [7, 11) is 0. The van der Waals surface area contributed by atoms with Crippen molar-refractivity contribution in [1.29, 1.82) is 0 Å². The smallest absolute Gasteiger partial charge is 0.227 e. The molecule has 128 valence electrons. The molecule has 0 bridgehead atoms. The first-order chi connectivity index (χ1) is 10.5. The van der Waals surface area contributed by atoms with Gasteiger partial charge in [0.1, 0.15) is 0 Å². The molecule has 5 nitrogen and oxygen atoms in total. The molecule has 0 spiro atoms. The number of hydrogen-bond acceptors (Lipinski definition) is 3. The van der Waals surface area contributed by atoms with Crippen molar-refractivity contribution in [2.45, 2.75) is 32.7 Å².